The first kappa shape index (κ1) is 30.8. The molecule has 3 aromatic carbocycles. The Bertz CT molecular complexity index is 1210. The maximum Gasteiger partial charge on any atom is 0.357 e. The summed E-state index contributed by atoms with van der Waals surface area (Å²) in [6.45, 7) is 15.0. The summed E-state index contributed by atoms with van der Waals surface area (Å²) < 4.78 is 27.6. The van der Waals surface area contributed by atoms with Crippen LogP contribution in [0.25, 0.3) is 0 Å². The first-order valence-electron chi connectivity index (χ1n) is 12.4. The number of rotatable bonds is 8. The quantitative estimate of drug-likeness (QED) is 0.294. The van der Waals surface area contributed by atoms with Gasteiger partial charge in [0.05, 0.1) is 4.90 Å². The Hall–Kier alpha value is -2.39. The van der Waals surface area contributed by atoms with Crippen molar-refractivity contribution in [2.75, 3.05) is 5.73 Å². The molecule has 7 heteroatoms. The van der Waals surface area contributed by atoms with E-state index in [1.54, 1.807) is 0 Å². The number of nitrogens with two attached hydrogens (primary N) is 1. The molecule has 0 aromatic heterocycles. The molecule has 0 atom stereocenters. The lowest BCUT2D eigenvalue weighted by Gasteiger charge is -2.23. The maximum absolute atomic E-state index is 11.4. The summed E-state index contributed by atoms with van der Waals surface area (Å²) in [7, 11) is -3.73. The first-order chi connectivity index (χ1) is 17.2. The van der Waals surface area contributed by atoms with Crippen LogP contribution in [0.4, 0.5) is 5.69 Å². The molecule has 200 valence electrons. The van der Waals surface area contributed by atoms with E-state index in [4.69, 9.17) is 5.73 Å². The lowest BCUT2D eigenvalue weighted by atomic mass is 9.82. The molecule has 1 amide bonds. The highest BCUT2D eigenvalue weighted by Crippen LogP contribution is 2.26. The Kier molecular flexibility index (Phi) is 10.8. The number of amides is 1. The van der Waals surface area contributed by atoms with E-state index < -0.39 is 15.9 Å². The zero-order chi connectivity index (χ0) is 27.9. The molecule has 0 saturated carbocycles. The lowest BCUT2D eigenvalue weighted by Crippen LogP contribution is -3.61. The molecule has 0 bridgehead atoms. The van der Waals surface area contributed by atoms with Gasteiger partial charge in [-0.05, 0) is 83.3 Å². The molecule has 3 aromatic rings. The predicted molar refractivity (Wildman–Crippen MR) is 149 cm³/mol. The third-order valence-electron chi connectivity index (χ3n) is 6.71. The number of nitrogens with one attached hydrogen (secondary N) is 1. The van der Waals surface area contributed by atoms with Gasteiger partial charge in [0.2, 0.25) is 5.91 Å². The fourth-order valence-electron chi connectivity index (χ4n) is 3.36. The molecule has 5 nitrogen and oxygen atoms in total. The SMILES string of the molecule is CC(=O)NS(=O)(=O)c1ccc(N)cc1.CCC(C)(C)c1ccc([I+]c2ccc(C(C)(C)CC)cc2)cc1. The highest BCUT2D eigenvalue weighted by Gasteiger charge is 2.22. The number of hydrogen-bond donors (Lipinski definition) is 2. The summed E-state index contributed by atoms with van der Waals surface area (Å²) in [5.74, 6) is -0.623. The normalized spacial score (nSPS) is 11.9. The molecule has 0 radical (unpaired) electrons. The van der Waals surface area contributed by atoms with Gasteiger partial charge in [-0.3, -0.25) is 4.79 Å². The molecule has 0 unspecified atom stereocenters. The lowest BCUT2D eigenvalue weighted by molar-refractivity contribution is -0.597. The molecule has 3 N–H and O–H groups in total. The van der Waals surface area contributed by atoms with Crippen LogP contribution in [0, 0.1) is 7.14 Å². The fraction of sp³-hybridized carbons (Fsp3) is 0.367. The summed E-state index contributed by atoms with van der Waals surface area (Å²) in [6.07, 6.45) is 2.35. The van der Waals surface area contributed by atoms with Crippen molar-refractivity contribution in [2.24, 2.45) is 0 Å². The van der Waals surface area contributed by atoms with E-state index in [0.717, 1.165) is 6.92 Å². The molecule has 0 fully saturated rings. The number of hydrogen-bond acceptors (Lipinski definition) is 4. The van der Waals surface area contributed by atoms with E-state index in [2.05, 4.69) is 90.1 Å². The number of benzene rings is 3. The minimum atomic E-state index is -3.73. The number of sulfonamides is 1. The van der Waals surface area contributed by atoms with Crippen LogP contribution >= 0.6 is 0 Å². The van der Waals surface area contributed by atoms with Crippen LogP contribution < -0.4 is 31.7 Å². The van der Waals surface area contributed by atoms with Crippen molar-refractivity contribution in [3.63, 3.8) is 0 Å². The van der Waals surface area contributed by atoms with Gasteiger partial charge in [-0.2, -0.15) is 0 Å². The van der Waals surface area contributed by atoms with Crippen LogP contribution in [-0.4, -0.2) is 14.3 Å². The second kappa shape index (κ2) is 12.9. The number of halogens is 1. The van der Waals surface area contributed by atoms with E-state index >= 15 is 0 Å². The first-order valence-corrected chi connectivity index (χ1v) is 16.1. The molecule has 3 rings (SSSR count). The zero-order valence-corrected chi connectivity index (χ0v) is 25.9. The Balaban J connectivity index is 0.000000294. The van der Waals surface area contributed by atoms with E-state index in [-0.39, 0.29) is 36.9 Å². The van der Waals surface area contributed by atoms with E-state index in [0.29, 0.717) is 5.69 Å². The van der Waals surface area contributed by atoms with E-state index in [1.165, 1.54) is 55.4 Å². The van der Waals surface area contributed by atoms with Gasteiger partial charge in [-0.25, -0.2) is 13.1 Å². The Labute approximate surface area is 233 Å². The Morgan fingerprint density at radius 3 is 1.46 bits per heavy atom. The minimum Gasteiger partial charge on any atom is -0.399 e. The highest BCUT2D eigenvalue weighted by atomic mass is 127. The van der Waals surface area contributed by atoms with Crippen LogP contribution in [-0.2, 0) is 25.6 Å². The van der Waals surface area contributed by atoms with E-state index in [9.17, 15) is 13.2 Å². The second-order valence-electron chi connectivity index (χ2n) is 10.3. The Morgan fingerprint density at radius 1 is 0.757 bits per heavy atom. The average Bonchev–Trinajstić information content (AvgIpc) is 2.84. The summed E-state index contributed by atoms with van der Waals surface area (Å²) in [6, 6.07) is 24.2. The van der Waals surface area contributed by atoms with Crippen molar-refractivity contribution in [3.8, 4) is 0 Å². The smallest absolute Gasteiger partial charge is 0.357 e. The van der Waals surface area contributed by atoms with Gasteiger partial charge in [0.15, 0.2) is 7.14 Å². The van der Waals surface area contributed by atoms with Gasteiger partial charge in [-0.1, -0.05) is 65.8 Å². The van der Waals surface area contributed by atoms with Crippen LogP contribution in [0.3, 0.4) is 0 Å². The Morgan fingerprint density at radius 2 is 1.14 bits per heavy atom. The number of nitrogen functional groups attached to an aromatic ring is 1. The van der Waals surface area contributed by atoms with Gasteiger partial charge >= 0.3 is 21.2 Å². The number of anilines is 1. The number of carbonyl (C=O) groups is 1. The van der Waals surface area contributed by atoms with Gasteiger partial charge in [-0.15, -0.1) is 0 Å². The standard InChI is InChI=1S/C22H30I.C8H10N2O3S/c1-7-21(3,4)17-9-13-19(14-10-17)23-20-15-11-18(12-16-20)22(5,6)8-2;1-6(11)10-14(12,13)8-4-2-7(9)3-5-8/h9-16H,7-8H2,1-6H3;2-5H,9H2,1H3,(H,10,11)/q+1;. The zero-order valence-electron chi connectivity index (χ0n) is 22.9. The molecule has 0 aliphatic carbocycles. The van der Waals surface area contributed by atoms with Crippen LogP contribution in [0.2, 0.25) is 0 Å². The molecule has 0 saturated heterocycles. The predicted octanol–water partition coefficient (Wildman–Crippen LogP) is 3.28. The van der Waals surface area contributed by atoms with E-state index in [1.807, 2.05) is 4.72 Å². The minimum absolute atomic E-state index is 0.0156. The fourth-order valence-corrected chi connectivity index (χ4v) is 6.51. The van der Waals surface area contributed by atoms with Crippen molar-refractivity contribution >= 4 is 21.6 Å². The van der Waals surface area contributed by atoms with Gasteiger partial charge < -0.3 is 5.73 Å². The van der Waals surface area contributed by atoms with Crippen LogP contribution in [0.5, 0.6) is 0 Å². The van der Waals surface area contributed by atoms with Crippen LogP contribution in [0.1, 0.15) is 72.4 Å². The van der Waals surface area contributed by atoms with Crippen molar-refractivity contribution < 1.29 is 34.4 Å². The highest BCUT2D eigenvalue weighted by molar-refractivity contribution is 7.90. The summed E-state index contributed by atoms with van der Waals surface area (Å²) in [5.41, 5.74) is 9.32. The average molecular weight is 636 g/mol. The molecule has 0 aliphatic rings. The van der Waals surface area contributed by atoms with Crippen LogP contribution in [0.15, 0.2) is 77.7 Å². The maximum atomic E-state index is 11.4. The second-order valence-corrected chi connectivity index (χ2v) is 15.0. The molecular weight excluding hydrogens is 595 g/mol. The third kappa shape index (κ3) is 9.14. The van der Waals surface area contributed by atoms with Gasteiger partial charge in [0.25, 0.3) is 10.0 Å². The molecule has 37 heavy (non-hydrogen) atoms. The topological polar surface area (TPSA) is 89.3 Å². The summed E-state index contributed by atoms with van der Waals surface area (Å²) in [5, 5.41) is 0. The van der Waals surface area contributed by atoms with Gasteiger partial charge in [0, 0.05) is 12.6 Å². The van der Waals surface area contributed by atoms with Crippen molar-refractivity contribution in [1.82, 2.24) is 4.72 Å². The van der Waals surface area contributed by atoms with Gasteiger partial charge in [0.1, 0.15) is 0 Å². The third-order valence-corrected chi connectivity index (χ3v) is 10.8. The molecule has 0 aliphatic heterocycles. The summed E-state index contributed by atoms with van der Waals surface area (Å²) >= 11 is -0.0793. The monoisotopic (exact) mass is 635 g/mol. The van der Waals surface area contributed by atoms with Crippen molar-refractivity contribution in [2.45, 2.75) is 77.0 Å². The largest absolute Gasteiger partial charge is 0.399 e. The summed E-state index contributed by atoms with van der Waals surface area (Å²) in [4.78, 5) is 10.6. The molecule has 0 spiro atoms. The molecule has 0 heterocycles. The van der Waals surface area contributed by atoms with Crippen molar-refractivity contribution in [1.29, 1.82) is 0 Å². The molecular formula is C30H40IN2O3S+. The van der Waals surface area contributed by atoms with Crippen molar-refractivity contribution in [3.05, 3.63) is 91.1 Å². The number of carbonyl (C=O) groups excluding carboxylic acids is 1.